The largest absolute Gasteiger partial charge is 0.477 e. The van der Waals surface area contributed by atoms with Crippen molar-refractivity contribution in [2.75, 3.05) is 0 Å². The number of rotatable bonds is 5. The van der Waals surface area contributed by atoms with Gasteiger partial charge in [0.05, 0.1) is 0 Å². The third-order valence-electron chi connectivity index (χ3n) is 3.17. The van der Waals surface area contributed by atoms with E-state index in [1.165, 1.54) is 0 Å². The van der Waals surface area contributed by atoms with Crippen LogP contribution >= 0.6 is 34.5 Å². The summed E-state index contributed by atoms with van der Waals surface area (Å²) < 4.78 is 5.60. The second-order valence-corrected chi connectivity index (χ2v) is 6.75. The predicted octanol–water partition coefficient (Wildman–Crippen LogP) is 5.39. The zero-order chi connectivity index (χ0) is 17.1. The smallest absolute Gasteiger partial charge is 0.351 e. The van der Waals surface area contributed by atoms with Crippen LogP contribution in [0.3, 0.4) is 0 Å². The molecule has 0 unspecified atom stereocenters. The Morgan fingerprint density at radius 3 is 2.21 bits per heavy atom. The first-order chi connectivity index (χ1) is 11.5. The minimum absolute atomic E-state index is 0.0638. The van der Waals surface area contributed by atoms with Gasteiger partial charge in [0, 0.05) is 15.6 Å². The molecule has 0 aliphatic rings. The maximum atomic E-state index is 11.4. The van der Waals surface area contributed by atoms with Crippen LogP contribution < -0.4 is 4.74 Å². The van der Waals surface area contributed by atoms with E-state index in [4.69, 9.17) is 27.9 Å². The van der Waals surface area contributed by atoms with Gasteiger partial charge in [0.15, 0.2) is 4.88 Å². The molecule has 0 fully saturated rings. The van der Waals surface area contributed by atoms with Crippen molar-refractivity contribution in [2.45, 2.75) is 6.61 Å². The van der Waals surface area contributed by atoms with E-state index < -0.39 is 5.97 Å². The Morgan fingerprint density at radius 1 is 1.04 bits per heavy atom. The van der Waals surface area contributed by atoms with Gasteiger partial charge in [-0.3, -0.25) is 0 Å². The number of aromatic nitrogens is 1. The summed E-state index contributed by atoms with van der Waals surface area (Å²) in [5.74, 6) is -0.966. The molecule has 0 bridgehead atoms. The molecular weight excluding hydrogens is 369 g/mol. The number of carboxylic acids is 1. The number of carbonyl (C=O) groups is 1. The van der Waals surface area contributed by atoms with Crippen molar-refractivity contribution in [1.82, 2.24) is 4.98 Å². The summed E-state index contributed by atoms with van der Waals surface area (Å²) in [5, 5.41) is 11.2. The van der Waals surface area contributed by atoms with E-state index in [0.717, 1.165) is 22.5 Å². The summed E-state index contributed by atoms with van der Waals surface area (Å²) in [5.41, 5.74) is 1.66. The Labute approximate surface area is 152 Å². The molecule has 4 nitrogen and oxygen atoms in total. The van der Waals surface area contributed by atoms with Crippen molar-refractivity contribution in [3.63, 3.8) is 0 Å². The molecule has 1 N–H and O–H groups in total. The quantitative estimate of drug-likeness (QED) is 0.644. The van der Waals surface area contributed by atoms with Crippen molar-refractivity contribution < 1.29 is 14.6 Å². The summed E-state index contributed by atoms with van der Waals surface area (Å²) in [7, 11) is 0. The van der Waals surface area contributed by atoms with Gasteiger partial charge in [-0.15, -0.1) is 11.3 Å². The topological polar surface area (TPSA) is 59.4 Å². The number of ether oxygens (including phenoxy) is 1. The third kappa shape index (κ3) is 3.87. The van der Waals surface area contributed by atoms with Crippen molar-refractivity contribution in [2.24, 2.45) is 0 Å². The second kappa shape index (κ2) is 7.21. The number of hydrogen-bond donors (Lipinski definition) is 1. The van der Waals surface area contributed by atoms with E-state index in [9.17, 15) is 9.90 Å². The number of thiazole rings is 1. The van der Waals surface area contributed by atoms with Crippen LogP contribution in [0.5, 0.6) is 5.88 Å². The van der Waals surface area contributed by atoms with E-state index in [0.29, 0.717) is 15.1 Å². The molecule has 0 amide bonds. The molecule has 122 valence electrons. The van der Waals surface area contributed by atoms with Gasteiger partial charge >= 0.3 is 5.97 Å². The highest BCUT2D eigenvalue weighted by Crippen LogP contribution is 2.33. The summed E-state index contributed by atoms with van der Waals surface area (Å²) in [4.78, 5) is 15.8. The maximum Gasteiger partial charge on any atom is 0.351 e. The van der Waals surface area contributed by atoms with Crippen molar-refractivity contribution in [1.29, 1.82) is 0 Å². The van der Waals surface area contributed by atoms with Crippen LogP contribution in [0.1, 0.15) is 15.2 Å². The molecule has 3 rings (SSSR count). The molecule has 0 saturated heterocycles. The average Bonchev–Trinajstić information content (AvgIpc) is 2.99. The van der Waals surface area contributed by atoms with Gasteiger partial charge in [0.1, 0.15) is 11.6 Å². The van der Waals surface area contributed by atoms with Gasteiger partial charge in [-0.2, -0.15) is 0 Å². The van der Waals surface area contributed by atoms with Crippen molar-refractivity contribution in [3.8, 4) is 16.5 Å². The first-order valence-electron chi connectivity index (χ1n) is 6.90. The molecule has 0 spiro atoms. The molecular formula is C17H11Cl2NO3S. The fourth-order valence-corrected chi connectivity index (χ4v) is 3.09. The number of halogens is 2. The predicted molar refractivity (Wildman–Crippen MR) is 95.3 cm³/mol. The van der Waals surface area contributed by atoms with Crippen LogP contribution in [-0.2, 0) is 6.61 Å². The minimum atomic E-state index is -1.07. The lowest BCUT2D eigenvalue weighted by molar-refractivity contribution is 0.0697. The van der Waals surface area contributed by atoms with Gasteiger partial charge in [0.2, 0.25) is 5.88 Å². The van der Waals surface area contributed by atoms with Crippen LogP contribution in [0.15, 0.2) is 48.5 Å². The van der Waals surface area contributed by atoms with Crippen molar-refractivity contribution >= 4 is 40.5 Å². The molecule has 2 aromatic carbocycles. The lowest BCUT2D eigenvalue weighted by Crippen LogP contribution is -2.01. The van der Waals surface area contributed by atoms with E-state index in [-0.39, 0.29) is 17.4 Å². The second-order valence-electron chi connectivity index (χ2n) is 4.88. The molecule has 1 heterocycles. The SMILES string of the molecule is O=C(O)c1sc(-c2ccc(Cl)cc2)nc1OCc1ccc(Cl)cc1. The fourth-order valence-electron chi connectivity index (χ4n) is 1.99. The summed E-state index contributed by atoms with van der Waals surface area (Å²) in [6.45, 7) is 0.210. The number of nitrogens with zero attached hydrogens (tertiary/aromatic N) is 1. The maximum absolute atomic E-state index is 11.4. The van der Waals surface area contributed by atoms with Crippen LogP contribution in [-0.4, -0.2) is 16.1 Å². The lowest BCUT2D eigenvalue weighted by atomic mass is 10.2. The van der Waals surface area contributed by atoms with Crippen LogP contribution in [0.25, 0.3) is 10.6 Å². The number of aromatic carboxylic acids is 1. The first kappa shape index (κ1) is 16.8. The van der Waals surface area contributed by atoms with E-state index in [1.807, 2.05) is 12.1 Å². The monoisotopic (exact) mass is 379 g/mol. The standard InChI is InChI=1S/C17H11Cl2NO3S/c18-12-5-1-10(2-6-12)9-23-15-14(17(21)22)24-16(20-15)11-3-7-13(19)8-4-11/h1-8H,9H2,(H,21,22). The Kier molecular flexibility index (Phi) is 5.04. The highest BCUT2D eigenvalue weighted by molar-refractivity contribution is 7.17. The summed E-state index contributed by atoms with van der Waals surface area (Å²) >= 11 is 12.8. The minimum Gasteiger partial charge on any atom is -0.477 e. The van der Waals surface area contributed by atoms with Gasteiger partial charge in [-0.05, 0) is 29.8 Å². The van der Waals surface area contributed by atoms with E-state index >= 15 is 0 Å². The zero-order valence-corrected chi connectivity index (χ0v) is 14.5. The Balaban J connectivity index is 1.85. The highest BCUT2D eigenvalue weighted by Gasteiger charge is 2.20. The zero-order valence-electron chi connectivity index (χ0n) is 12.2. The Hall–Kier alpha value is -2.08. The molecule has 3 aromatic rings. The average molecular weight is 380 g/mol. The Bertz CT molecular complexity index is 861. The van der Waals surface area contributed by atoms with Crippen LogP contribution in [0, 0.1) is 0 Å². The Morgan fingerprint density at radius 2 is 1.62 bits per heavy atom. The molecule has 24 heavy (non-hydrogen) atoms. The van der Waals surface area contributed by atoms with Gasteiger partial charge in [0.25, 0.3) is 0 Å². The molecule has 0 aliphatic heterocycles. The molecule has 0 radical (unpaired) electrons. The summed E-state index contributed by atoms with van der Waals surface area (Å²) in [6, 6.07) is 14.2. The van der Waals surface area contributed by atoms with E-state index in [2.05, 4.69) is 4.98 Å². The number of benzene rings is 2. The molecule has 0 saturated carbocycles. The molecule has 0 aliphatic carbocycles. The number of hydrogen-bond acceptors (Lipinski definition) is 4. The first-order valence-corrected chi connectivity index (χ1v) is 8.47. The van der Waals surface area contributed by atoms with Crippen LogP contribution in [0.2, 0.25) is 10.0 Å². The van der Waals surface area contributed by atoms with E-state index in [1.54, 1.807) is 36.4 Å². The molecule has 0 atom stereocenters. The molecule has 7 heteroatoms. The normalized spacial score (nSPS) is 10.6. The number of carboxylic acid groups (broad SMARTS) is 1. The highest BCUT2D eigenvalue weighted by atomic mass is 35.5. The summed E-state index contributed by atoms with van der Waals surface area (Å²) in [6.07, 6.45) is 0. The fraction of sp³-hybridized carbons (Fsp3) is 0.0588. The van der Waals surface area contributed by atoms with Gasteiger partial charge < -0.3 is 9.84 Å². The van der Waals surface area contributed by atoms with Gasteiger partial charge in [-0.25, -0.2) is 9.78 Å². The molecule has 1 aromatic heterocycles. The lowest BCUT2D eigenvalue weighted by Gasteiger charge is -2.04. The third-order valence-corrected chi connectivity index (χ3v) is 4.75. The van der Waals surface area contributed by atoms with Gasteiger partial charge in [-0.1, -0.05) is 47.5 Å². The van der Waals surface area contributed by atoms with Crippen LogP contribution in [0.4, 0.5) is 0 Å². The van der Waals surface area contributed by atoms with Crippen molar-refractivity contribution in [3.05, 3.63) is 69.0 Å².